The molecule has 1 heterocycles. The van der Waals surface area contributed by atoms with Gasteiger partial charge in [-0.25, -0.2) is 22.9 Å². The van der Waals surface area contributed by atoms with E-state index in [9.17, 15) is 18.0 Å². The van der Waals surface area contributed by atoms with Gasteiger partial charge in [-0.15, -0.1) is 0 Å². The molecule has 0 aliphatic rings. The number of oxazole rings is 1. The van der Waals surface area contributed by atoms with E-state index in [2.05, 4.69) is 15.0 Å². The molecule has 0 saturated heterocycles. The van der Waals surface area contributed by atoms with E-state index in [1.54, 1.807) is 38.1 Å². The first-order valence-corrected chi connectivity index (χ1v) is 11.9. The van der Waals surface area contributed by atoms with Crippen molar-refractivity contribution in [2.45, 2.75) is 57.0 Å². The van der Waals surface area contributed by atoms with Crippen LogP contribution in [0.1, 0.15) is 61.1 Å². The number of rotatable bonds is 12. The number of hydrogen-bond acceptors (Lipinski definition) is 8. The Morgan fingerprint density at radius 3 is 2.50 bits per heavy atom. The van der Waals surface area contributed by atoms with Gasteiger partial charge in [0.25, 0.3) is 5.91 Å². The number of hydrogen-bond donors (Lipinski definition) is 3. The number of aromatic nitrogens is 1. The molecule has 10 nitrogen and oxygen atoms in total. The van der Waals surface area contributed by atoms with Crippen molar-refractivity contribution in [3.8, 4) is 0 Å². The molecule has 2 aromatic rings. The van der Waals surface area contributed by atoms with Crippen molar-refractivity contribution in [3.63, 3.8) is 0 Å². The summed E-state index contributed by atoms with van der Waals surface area (Å²) in [5.74, 6) is -0.945. The fourth-order valence-electron chi connectivity index (χ4n) is 2.81. The van der Waals surface area contributed by atoms with E-state index >= 15 is 0 Å². The van der Waals surface area contributed by atoms with Gasteiger partial charge in [-0.3, -0.25) is 4.79 Å². The van der Waals surface area contributed by atoms with Crippen molar-refractivity contribution in [3.05, 3.63) is 47.7 Å². The zero-order valence-electron chi connectivity index (χ0n) is 18.5. The van der Waals surface area contributed by atoms with Crippen LogP contribution in [-0.2, 0) is 19.6 Å². The summed E-state index contributed by atoms with van der Waals surface area (Å²) in [5.41, 5.74) is 6.65. The predicted molar refractivity (Wildman–Crippen MR) is 117 cm³/mol. The molecular formula is C21H30N4O6S. The van der Waals surface area contributed by atoms with Crippen molar-refractivity contribution in [2.75, 3.05) is 13.2 Å². The third-order valence-corrected chi connectivity index (χ3v) is 6.04. The molecule has 0 spiro atoms. The zero-order valence-corrected chi connectivity index (χ0v) is 19.3. The van der Waals surface area contributed by atoms with Crippen molar-refractivity contribution in [1.82, 2.24) is 15.0 Å². The molecule has 1 amide bonds. The number of nitrogens with one attached hydrogen (secondary N) is 2. The molecule has 0 saturated carbocycles. The topological polar surface area (TPSA) is 154 Å². The van der Waals surface area contributed by atoms with Crippen LogP contribution in [0.4, 0.5) is 0 Å². The molecule has 11 heteroatoms. The van der Waals surface area contributed by atoms with Crippen LogP contribution < -0.4 is 15.8 Å². The lowest BCUT2D eigenvalue weighted by Crippen LogP contribution is -2.42. The zero-order chi connectivity index (χ0) is 23.7. The number of aryl methyl sites for hydroxylation is 1. The summed E-state index contributed by atoms with van der Waals surface area (Å²) < 4.78 is 37.4. The van der Waals surface area contributed by atoms with Crippen molar-refractivity contribution in [1.29, 1.82) is 0 Å². The van der Waals surface area contributed by atoms with E-state index in [-0.39, 0.29) is 36.1 Å². The average molecular weight is 467 g/mol. The number of carbonyl (C=O) groups is 2. The molecule has 2 rings (SSSR count). The number of unbranched alkanes of at least 4 members (excludes halogenated alkanes) is 1. The molecule has 2 unspecified atom stereocenters. The number of esters is 1. The van der Waals surface area contributed by atoms with Crippen LogP contribution >= 0.6 is 0 Å². The summed E-state index contributed by atoms with van der Waals surface area (Å²) >= 11 is 0. The van der Waals surface area contributed by atoms with Crippen LogP contribution in [0.15, 0.2) is 39.8 Å². The van der Waals surface area contributed by atoms with Gasteiger partial charge >= 0.3 is 5.97 Å². The van der Waals surface area contributed by atoms with Gasteiger partial charge in [0.05, 0.1) is 17.5 Å². The van der Waals surface area contributed by atoms with Crippen LogP contribution in [0, 0.1) is 6.92 Å². The number of sulfonamides is 1. The molecular weight excluding hydrogens is 436 g/mol. The fraction of sp³-hybridized carbons (Fsp3) is 0.476. The van der Waals surface area contributed by atoms with E-state index in [0.717, 1.165) is 5.56 Å². The Hall–Kier alpha value is -2.76. The fourth-order valence-corrected chi connectivity index (χ4v) is 3.88. The highest BCUT2D eigenvalue weighted by molar-refractivity contribution is 7.89. The lowest BCUT2D eigenvalue weighted by Gasteiger charge is -2.16. The molecule has 1 aromatic carbocycles. The molecule has 4 N–H and O–H groups in total. The minimum Gasteiger partial charge on any atom is -0.464 e. The van der Waals surface area contributed by atoms with Gasteiger partial charge in [0.15, 0.2) is 5.69 Å². The molecule has 1 aromatic heterocycles. The van der Waals surface area contributed by atoms with Gasteiger partial charge in [-0.05, 0) is 52.2 Å². The Bertz CT molecular complexity index is 1000. The quantitative estimate of drug-likeness (QED) is 0.316. The summed E-state index contributed by atoms with van der Waals surface area (Å²) in [6.45, 7) is 5.58. The standard InChI is InChI=1S/C21H30N4O6S/c1-4-30-21(27)17(24-19(26)18-13-31-20(25-18)15(3)22)7-5-6-12-23-32(28,29)16-10-8-14(2)9-11-16/h8-11,13,15,17,23H,4-7,12,22H2,1-3H3,(H,24,26). The van der Waals surface area contributed by atoms with Gasteiger partial charge in [-0.2, -0.15) is 0 Å². The van der Waals surface area contributed by atoms with Gasteiger partial charge in [-0.1, -0.05) is 17.7 Å². The number of nitrogens with two attached hydrogens (primary N) is 1. The van der Waals surface area contributed by atoms with Gasteiger partial charge < -0.3 is 20.2 Å². The highest BCUT2D eigenvalue weighted by Crippen LogP contribution is 2.12. The molecule has 0 bridgehead atoms. The van der Waals surface area contributed by atoms with E-state index in [4.69, 9.17) is 14.9 Å². The molecule has 32 heavy (non-hydrogen) atoms. The van der Waals surface area contributed by atoms with Gasteiger partial charge in [0.2, 0.25) is 15.9 Å². The highest BCUT2D eigenvalue weighted by Gasteiger charge is 2.24. The van der Waals surface area contributed by atoms with Crippen LogP contribution in [-0.4, -0.2) is 44.5 Å². The SMILES string of the molecule is CCOC(=O)C(CCCCNS(=O)(=O)c1ccc(C)cc1)NC(=O)c1coc(C(C)N)n1. The second kappa shape index (κ2) is 11.7. The number of amides is 1. The molecule has 2 atom stereocenters. The maximum atomic E-state index is 12.4. The normalized spacial score (nSPS) is 13.4. The number of benzene rings is 1. The second-order valence-corrected chi connectivity index (χ2v) is 9.11. The predicted octanol–water partition coefficient (Wildman–Crippen LogP) is 1.81. The first-order chi connectivity index (χ1) is 15.1. The Labute approximate surface area is 188 Å². The van der Waals surface area contributed by atoms with Crippen LogP contribution in [0.25, 0.3) is 0 Å². The Morgan fingerprint density at radius 2 is 1.91 bits per heavy atom. The third kappa shape index (κ3) is 7.43. The summed E-state index contributed by atoms with van der Waals surface area (Å²) in [6, 6.07) is 5.18. The summed E-state index contributed by atoms with van der Waals surface area (Å²) in [5, 5.41) is 2.59. The van der Waals surface area contributed by atoms with E-state index in [1.165, 1.54) is 6.26 Å². The minimum absolute atomic E-state index is 0.0115. The lowest BCUT2D eigenvalue weighted by molar-refractivity contribution is -0.145. The van der Waals surface area contributed by atoms with E-state index < -0.39 is 34.0 Å². The monoisotopic (exact) mass is 466 g/mol. The Balaban J connectivity index is 1.88. The summed E-state index contributed by atoms with van der Waals surface area (Å²) in [7, 11) is -3.60. The Kier molecular flexibility index (Phi) is 9.36. The molecule has 0 fully saturated rings. The third-order valence-electron chi connectivity index (χ3n) is 4.56. The maximum Gasteiger partial charge on any atom is 0.328 e. The summed E-state index contributed by atoms with van der Waals surface area (Å²) in [6.07, 6.45) is 2.39. The number of carbonyl (C=O) groups excluding carboxylic acids is 2. The first kappa shape index (κ1) is 25.5. The van der Waals surface area contributed by atoms with Crippen molar-refractivity contribution >= 4 is 21.9 Å². The van der Waals surface area contributed by atoms with E-state index in [0.29, 0.717) is 12.8 Å². The largest absolute Gasteiger partial charge is 0.464 e. The van der Waals surface area contributed by atoms with Crippen molar-refractivity contribution in [2.24, 2.45) is 5.73 Å². The second-order valence-electron chi connectivity index (χ2n) is 7.34. The molecule has 0 aliphatic carbocycles. The average Bonchev–Trinajstić information content (AvgIpc) is 3.24. The first-order valence-electron chi connectivity index (χ1n) is 10.4. The van der Waals surface area contributed by atoms with Gasteiger partial charge in [0, 0.05) is 6.54 Å². The molecule has 0 aliphatic heterocycles. The van der Waals surface area contributed by atoms with E-state index in [1.807, 2.05) is 6.92 Å². The smallest absolute Gasteiger partial charge is 0.328 e. The molecule has 0 radical (unpaired) electrons. The number of ether oxygens (including phenoxy) is 1. The minimum atomic E-state index is -3.60. The van der Waals surface area contributed by atoms with Crippen molar-refractivity contribution < 1.29 is 27.2 Å². The van der Waals surface area contributed by atoms with Gasteiger partial charge in [0.1, 0.15) is 12.3 Å². The maximum absolute atomic E-state index is 12.4. The highest BCUT2D eigenvalue weighted by atomic mass is 32.2. The molecule has 176 valence electrons. The Morgan fingerprint density at radius 1 is 1.22 bits per heavy atom. The van der Waals surface area contributed by atoms with Crippen LogP contribution in [0.3, 0.4) is 0 Å². The number of nitrogens with zero attached hydrogens (tertiary/aromatic N) is 1. The lowest BCUT2D eigenvalue weighted by atomic mass is 10.1. The summed E-state index contributed by atoms with van der Waals surface area (Å²) in [4.78, 5) is 28.9. The van der Waals surface area contributed by atoms with Crippen LogP contribution in [0.2, 0.25) is 0 Å². The van der Waals surface area contributed by atoms with Crippen LogP contribution in [0.5, 0.6) is 0 Å².